The molecular weight excluding hydrogens is 394 g/mol. The lowest BCUT2D eigenvalue weighted by Gasteiger charge is -2.28. The van der Waals surface area contributed by atoms with E-state index in [1.54, 1.807) is 0 Å². The van der Waals surface area contributed by atoms with Crippen molar-refractivity contribution in [2.75, 3.05) is 14.2 Å². The minimum Gasteiger partial charge on any atom is -0.468 e. The number of hydrogen-bond donors (Lipinski definition) is 1. The first-order valence-electron chi connectivity index (χ1n) is 11.2. The molecule has 0 aliphatic heterocycles. The van der Waals surface area contributed by atoms with E-state index in [1.165, 1.54) is 48.6 Å². The highest BCUT2D eigenvalue weighted by molar-refractivity contribution is 6.91. The zero-order chi connectivity index (χ0) is 21.9. The molecule has 0 radical (unpaired) electrons. The van der Waals surface area contributed by atoms with Crippen molar-refractivity contribution in [2.45, 2.75) is 71.0 Å². The number of aromatic amines is 1. The first-order valence-corrected chi connectivity index (χ1v) is 13.8. The molecule has 1 aromatic carbocycles. The molecule has 0 spiro atoms. The predicted molar refractivity (Wildman–Crippen MR) is 123 cm³/mol. The number of carbonyl (C=O) groups excluding carboxylic acids is 2. The summed E-state index contributed by atoms with van der Waals surface area (Å²) < 4.78 is 10.2. The number of ether oxygens (including phenoxy) is 2. The number of esters is 2. The summed E-state index contributed by atoms with van der Waals surface area (Å²) in [6.07, 6.45) is 3.45. The Labute approximate surface area is 180 Å². The van der Waals surface area contributed by atoms with Crippen molar-refractivity contribution in [3.8, 4) is 0 Å². The van der Waals surface area contributed by atoms with Gasteiger partial charge in [-0.25, -0.2) is 0 Å². The monoisotopic (exact) mass is 429 g/mol. The molecule has 1 N–H and O–H groups in total. The SMILES string of the molecule is CC[Si](CC)(CC)c1[nH]c2cccc3c2c1CCCCC(C(=O)OC)(C(=O)OC)C3. The van der Waals surface area contributed by atoms with Gasteiger partial charge in [0.05, 0.1) is 14.2 Å². The van der Waals surface area contributed by atoms with E-state index in [4.69, 9.17) is 9.47 Å². The molecule has 5 nitrogen and oxygen atoms in total. The fourth-order valence-corrected chi connectivity index (χ4v) is 9.34. The Hall–Kier alpha value is -2.08. The number of carbonyl (C=O) groups is 2. The lowest BCUT2D eigenvalue weighted by Crippen LogP contribution is -2.48. The summed E-state index contributed by atoms with van der Waals surface area (Å²) in [6, 6.07) is 9.84. The van der Waals surface area contributed by atoms with E-state index in [9.17, 15) is 9.59 Å². The van der Waals surface area contributed by atoms with Gasteiger partial charge in [0.15, 0.2) is 5.41 Å². The van der Waals surface area contributed by atoms with Crippen molar-refractivity contribution in [2.24, 2.45) is 5.41 Å². The van der Waals surface area contributed by atoms with Gasteiger partial charge in [-0.3, -0.25) is 9.59 Å². The summed E-state index contributed by atoms with van der Waals surface area (Å²) in [6.45, 7) is 6.98. The topological polar surface area (TPSA) is 68.4 Å². The van der Waals surface area contributed by atoms with Crippen molar-refractivity contribution in [1.29, 1.82) is 0 Å². The second kappa shape index (κ2) is 8.96. The van der Waals surface area contributed by atoms with Crippen LogP contribution in [0.3, 0.4) is 0 Å². The minimum absolute atomic E-state index is 0.312. The maximum atomic E-state index is 12.9. The summed E-state index contributed by atoms with van der Waals surface area (Å²) in [5.74, 6) is -0.991. The number of methoxy groups -OCH3 is 2. The summed E-state index contributed by atoms with van der Waals surface area (Å²) in [4.78, 5) is 29.6. The Morgan fingerprint density at radius 2 is 1.67 bits per heavy atom. The van der Waals surface area contributed by atoms with Gasteiger partial charge in [-0.2, -0.15) is 0 Å². The number of nitrogens with one attached hydrogen (secondary N) is 1. The average Bonchev–Trinajstić information content (AvgIpc) is 3.19. The van der Waals surface area contributed by atoms with Crippen LogP contribution in [0.25, 0.3) is 10.9 Å². The highest BCUT2D eigenvalue weighted by Crippen LogP contribution is 2.38. The lowest BCUT2D eigenvalue weighted by molar-refractivity contribution is -0.169. The van der Waals surface area contributed by atoms with Gasteiger partial charge in [-0.05, 0) is 42.9 Å². The second-order valence-electron chi connectivity index (χ2n) is 8.61. The molecule has 1 heterocycles. The van der Waals surface area contributed by atoms with Crippen molar-refractivity contribution >= 4 is 36.2 Å². The van der Waals surface area contributed by atoms with Crippen LogP contribution in [0.4, 0.5) is 0 Å². The zero-order valence-corrected chi connectivity index (χ0v) is 20.0. The Morgan fingerprint density at radius 1 is 1.03 bits per heavy atom. The highest BCUT2D eigenvalue weighted by Gasteiger charge is 2.49. The minimum atomic E-state index is -1.62. The van der Waals surface area contributed by atoms with Gasteiger partial charge in [0, 0.05) is 16.2 Å². The van der Waals surface area contributed by atoms with Crippen molar-refractivity contribution in [3.63, 3.8) is 0 Å². The van der Waals surface area contributed by atoms with Crippen LogP contribution in [-0.2, 0) is 31.9 Å². The fraction of sp³-hybridized carbons (Fsp3) is 0.583. The fourth-order valence-electron chi connectivity index (χ4n) is 5.49. The maximum Gasteiger partial charge on any atom is 0.323 e. The number of H-pyrrole nitrogens is 1. The Bertz CT molecular complexity index is 904. The number of rotatable bonds is 6. The van der Waals surface area contributed by atoms with Crippen molar-refractivity contribution < 1.29 is 19.1 Å². The van der Waals surface area contributed by atoms with Gasteiger partial charge in [0.1, 0.15) is 8.07 Å². The van der Waals surface area contributed by atoms with Gasteiger partial charge >= 0.3 is 11.9 Å². The van der Waals surface area contributed by atoms with Crippen LogP contribution in [-0.4, -0.2) is 39.2 Å². The van der Waals surface area contributed by atoms with Crippen LogP contribution >= 0.6 is 0 Å². The smallest absolute Gasteiger partial charge is 0.323 e. The molecule has 0 atom stereocenters. The molecule has 0 saturated carbocycles. The summed E-state index contributed by atoms with van der Waals surface area (Å²) >= 11 is 0. The van der Waals surface area contributed by atoms with Crippen LogP contribution < -0.4 is 5.32 Å². The third-order valence-corrected chi connectivity index (χ3v) is 13.0. The van der Waals surface area contributed by atoms with E-state index in [0.29, 0.717) is 12.8 Å². The van der Waals surface area contributed by atoms with Gasteiger partial charge < -0.3 is 14.5 Å². The Morgan fingerprint density at radius 3 is 2.23 bits per heavy atom. The van der Waals surface area contributed by atoms with Crippen LogP contribution in [0.15, 0.2) is 18.2 Å². The molecule has 30 heavy (non-hydrogen) atoms. The molecule has 2 aromatic rings. The first kappa shape index (κ1) is 22.6. The van der Waals surface area contributed by atoms with Crippen LogP contribution in [0.5, 0.6) is 0 Å². The molecule has 0 unspecified atom stereocenters. The van der Waals surface area contributed by atoms with Crippen molar-refractivity contribution in [1.82, 2.24) is 4.98 Å². The molecule has 1 aliphatic rings. The molecule has 1 aromatic heterocycles. The Kier molecular flexibility index (Phi) is 6.75. The molecule has 3 rings (SSSR count). The second-order valence-corrected chi connectivity index (χ2v) is 13.8. The van der Waals surface area contributed by atoms with Gasteiger partial charge in [0.25, 0.3) is 0 Å². The summed E-state index contributed by atoms with van der Waals surface area (Å²) in [5, 5.41) is 2.68. The number of hydrogen-bond acceptors (Lipinski definition) is 4. The maximum absolute atomic E-state index is 12.9. The molecule has 164 valence electrons. The van der Waals surface area contributed by atoms with E-state index in [-0.39, 0.29) is 0 Å². The van der Waals surface area contributed by atoms with Gasteiger partial charge in [0.2, 0.25) is 0 Å². The van der Waals surface area contributed by atoms with E-state index < -0.39 is 25.4 Å². The largest absolute Gasteiger partial charge is 0.468 e. The van der Waals surface area contributed by atoms with Gasteiger partial charge in [-0.1, -0.05) is 57.5 Å². The van der Waals surface area contributed by atoms with E-state index in [0.717, 1.165) is 30.3 Å². The third-order valence-electron chi connectivity index (χ3n) is 7.50. The van der Waals surface area contributed by atoms with E-state index >= 15 is 0 Å². The number of aryl methyl sites for hydroxylation is 1. The zero-order valence-electron chi connectivity index (χ0n) is 19.0. The number of aromatic nitrogens is 1. The molecular formula is C24H35NO4Si. The Balaban J connectivity index is 2.27. The van der Waals surface area contributed by atoms with Crippen LogP contribution in [0.2, 0.25) is 18.1 Å². The van der Waals surface area contributed by atoms with Gasteiger partial charge in [-0.15, -0.1) is 0 Å². The predicted octanol–water partition coefficient (Wildman–Crippen LogP) is 4.48. The molecule has 0 bridgehead atoms. The van der Waals surface area contributed by atoms with E-state index in [2.05, 4.69) is 37.9 Å². The first-order chi connectivity index (χ1) is 14.4. The normalized spacial score (nSPS) is 16.4. The van der Waals surface area contributed by atoms with Crippen LogP contribution in [0, 0.1) is 5.41 Å². The average molecular weight is 430 g/mol. The molecule has 0 fully saturated rings. The van der Waals surface area contributed by atoms with Crippen LogP contribution in [0.1, 0.15) is 51.2 Å². The molecule has 0 saturated heterocycles. The third kappa shape index (κ3) is 3.49. The summed E-state index contributed by atoms with van der Waals surface area (Å²) in [5.41, 5.74) is 2.29. The molecule has 1 aliphatic carbocycles. The molecule has 6 heteroatoms. The lowest BCUT2D eigenvalue weighted by atomic mass is 9.77. The summed E-state index contributed by atoms with van der Waals surface area (Å²) in [7, 11) is 1.08. The van der Waals surface area contributed by atoms with Crippen molar-refractivity contribution in [3.05, 3.63) is 29.3 Å². The quantitative estimate of drug-likeness (QED) is 0.417. The number of benzene rings is 1. The molecule has 0 amide bonds. The highest BCUT2D eigenvalue weighted by atomic mass is 28.3. The standard InChI is InChI=1S/C24H35NO4Si/c1-6-30(7-2,8-3)21-18-13-9-10-15-24(22(26)28-4,23(27)29-5)16-17-12-11-14-19(25-21)20(17)18/h11-12,14,25H,6-10,13,15-16H2,1-5H3. The van der Waals surface area contributed by atoms with E-state index in [1.807, 2.05) is 6.07 Å².